The summed E-state index contributed by atoms with van der Waals surface area (Å²) in [6, 6.07) is 4.70. The van der Waals surface area contributed by atoms with Gasteiger partial charge in [0.05, 0.1) is 7.11 Å². The van der Waals surface area contributed by atoms with Crippen molar-refractivity contribution in [1.29, 1.82) is 0 Å². The van der Waals surface area contributed by atoms with Crippen LogP contribution >= 0.6 is 0 Å². The zero-order valence-corrected chi connectivity index (χ0v) is 12.8. The van der Waals surface area contributed by atoms with Gasteiger partial charge in [-0.2, -0.15) is 0 Å². The van der Waals surface area contributed by atoms with Crippen molar-refractivity contribution in [3.8, 4) is 11.5 Å². The molecule has 5 heteroatoms. The van der Waals surface area contributed by atoms with E-state index in [0.717, 1.165) is 32.5 Å². The van der Waals surface area contributed by atoms with Gasteiger partial charge in [0.2, 0.25) is 0 Å². The van der Waals surface area contributed by atoms with Gasteiger partial charge in [0, 0.05) is 12.1 Å². The molecule has 2 N–H and O–H groups in total. The highest BCUT2D eigenvalue weighted by molar-refractivity contribution is 5.94. The molecular weight excluding hydrogens is 268 g/mol. The van der Waals surface area contributed by atoms with Crippen molar-refractivity contribution < 1.29 is 14.6 Å². The number of piperidine rings is 1. The number of carbonyl (C=O) groups is 1. The van der Waals surface area contributed by atoms with Gasteiger partial charge in [0.15, 0.2) is 11.5 Å². The second kappa shape index (κ2) is 7.31. The highest BCUT2D eigenvalue weighted by Crippen LogP contribution is 2.26. The van der Waals surface area contributed by atoms with Crippen molar-refractivity contribution in [1.82, 2.24) is 10.2 Å². The van der Waals surface area contributed by atoms with Gasteiger partial charge in [0.1, 0.15) is 0 Å². The average Bonchev–Trinajstić information content (AvgIpc) is 2.53. The highest BCUT2D eigenvalue weighted by Gasteiger charge is 2.19. The van der Waals surface area contributed by atoms with Crippen molar-refractivity contribution in [2.45, 2.75) is 19.8 Å². The molecule has 1 aromatic carbocycles. The number of nitrogens with zero attached hydrogens (tertiary/aromatic N) is 1. The Morgan fingerprint density at radius 2 is 2.14 bits per heavy atom. The number of aromatic hydroxyl groups is 1. The molecule has 0 spiro atoms. The van der Waals surface area contributed by atoms with Crippen molar-refractivity contribution in [2.75, 3.05) is 33.3 Å². The van der Waals surface area contributed by atoms with Gasteiger partial charge in [0.25, 0.3) is 5.91 Å². The molecule has 2 rings (SSSR count). The fourth-order valence-electron chi connectivity index (χ4n) is 2.68. The van der Waals surface area contributed by atoms with E-state index in [1.165, 1.54) is 13.2 Å². The van der Waals surface area contributed by atoms with Crippen molar-refractivity contribution in [2.24, 2.45) is 5.92 Å². The molecule has 1 amide bonds. The molecule has 0 radical (unpaired) electrons. The van der Waals surface area contributed by atoms with E-state index in [1.807, 2.05) is 0 Å². The van der Waals surface area contributed by atoms with E-state index in [1.54, 1.807) is 12.1 Å². The van der Waals surface area contributed by atoms with Crippen LogP contribution in [-0.2, 0) is 0 Å². The Morgan fingerprint density at radius 1 is 1.43 bits per heavy atom. The fourth-order valence-corrected chi connectivity index (χ4v) is 2.68. The normalized spacial score (nSPS) is 16.7. The van der Waals surface area contributed by atoms with E-state index in [4.69, 9.17) is 4.74 Å². The molecule has 0 unspecified atom stereocenters. The van der Waals surface area contributed by atoms with Crippen molar-refractivity contribution in [3.63, 3.8) is 0 Å². The Kier molecular flexibility index (Phi) is 5.44. The van der Waals surface area contributed by atoms with Gasteiger partial charge < -0.3 is 20.1 Å². The molecule has 0 aromatic heterocycles. The summed E-state index contributed by atoms with van der Waals surface area (Å²) >= 11 is 0. The molecule has 1 aromatic rings. The summed E-state index contributed by atoms with van der Waals surface area (Å²) in [5, 5.41) is 12.7. The monoisotopic (exact) mass is 292 g/mol. The van der Waals surface area contributed by atoms with E-state index in [2.05, 4.69) is 17.1 Å². The molecule has 0 bridgehead atoms. The molecule has 116 valence electrons. The molecule has 1 aliphatic heterocycles. The summed E-state index contributed by atoms with van der Waals surface area (Å²) in [4.78, 5) is 14.5. The number of amides is 1. The Labute approximate surface area is 125 Å². The number of hydrogen-bond acceptors (Lipinski definition) is 4. The number of methoxy groups -OCH3 is 1. The second-order valence-corrected chi connectivity index (χ2v) is 5.47. The predicted molar refractivity (Wildman–Crippen MR) is 81.8 cm³/mol. The zero-order valence-electron chi connectivity index (χ0n) is 12.8. The Hall–Kier alpha value is -1.75. The maximum Gasteiger partial charge on any atom is 0.251 e. The first kappa shape index (κ1) is 15.6. The van der Waals surface area contributed by atoms with Crippen LogP contribution in [0.5, 0.6) is 11.5 Å². The fraction of sp³-hybridized carbons (Fsp3) is 0.562. The number of rotatable bonds is 5. The lowest BCUT2D eigenvalue weighted by Crippen LogP contribution is -2.38. The van der Waals surface area contributed by atoms with Crippen LogP contribution in [0, 0.1) is 5.92 Å². The third-order valence-corrected chi connectivity index (χ3v) is 4.15. The number of carbonyl (C=O) groups excluding carboxylic acids is 1. The topological polar surface area (TPSA) is 61.8 Å². The Morgan fingerprint density at radius 3 is 2.71 bits per heavy atom. The predicted octanol–water partition coefficient (Wildman–Crippen LogP) is 1.86. The smallest absolute Gasteiger partial charge is 0.251 e. The van der Waals surface area contributed by atoms with Crippen LogP contribution in [-0.4, -0.2) is 49.2 Å². The first-order valence-corrected chi connectivity index (χ1v) is 7.51. The van der Waals surface area contributed by atoms with Crippen LogP contribution in [0.2, 0.25) is 0 Å². The first-order valence-electron chi connectivity index (χ1n) is 7.51. The number of phenols is 1. The summed E-state index contributed by atoms with van der Waals surface area (Å²) in [7, 11) is 1.48. The van der Waals surface area contributed by atoms with E-state index in [-0.39, 0.29) is 11.7 Å². The highest BCUT2D eigenvalue weighted by atomic mass is 16.5. The minimum atomic E-state index is -0.147. The standard InChI is InChI=1S/C16H24N2O3/c1-3-18-8-6-12(7-9-18)11-17-16(20)13-4-5-15(21-2)14(19)10-13/h4-5,10,12,19H,3,6-9,11H2,1-2H3,(H,17,20). The molecule has 1 heterocycles. The van der Waals surface area contributed by atoms with Crippen LogP contribution in [0.3, 0.4) is 0 Å². The number of ether oxygens (including phenoxy) is 1. The minimum Gasteiger partial charge on any atom is -0.504 e. The first-order chi connectivity index (χ1) is 10.1. The Bertz CT molecular complexity index is 482. The van der Waals surface area contributed by atoms with Crippen LogP contribution in [0.4, 0.5) is 0 Å². The van der Waals surface area contributed by atoms with E-state index < -0.39 is 0 Å². The van der Waals surface area contributed by atoms with Crippen LogP contribution in [0.15, 0.2) is 18.2 Å². The number of likely N-dealkylation sites (tertiary alicyclic amines) is 1. The quantitative estimate of drug-likeness (QED) is 0.869. The average molecular weight is 292 g/mol. The number of nitrogens with one attached hydrogen (secondary N) is 1. The van der Waals surface area contributed by atoms with E-state index in [9.17, 15) is 9.90 Å². The molecule has 21 heavy (non-hydrogen) atoms. The summed E-state index contributed by atoms with van der Waals surface area (Å²) in [5.41, 5.74) is 0.458. The molecule has 1 saturated heterocycles. The molecule has 5 nitrogen and oxygen atoms in total. The van der Waals surface area contributed by atoms with Gasteiger partial charge >= 0.3 is 0 Å². The Balaban J connectivity index is 1.83. The zero-order chi connectivity index (χ0) is 15.2. The van der Waals surface area contributed by atoms with Crippen LogP contribution in [0.25, 0.3) is 0 Å². The van der Waals surface area contributed by atoms with Gasteiger partial charge in [-0.15, -0.1) is 0 Å². The SMILES string of the molecule is CCN1CCC(CNC(=O)c2ccc(OC)c(O)c2)CC1. The van der Waals surface area contributed by atoms with Crippen LogP contribution < -0.4 is 10.1 Å². The van der Waals surface area contributed by atoms with Gasteiger partial charge in [-0.05, 0) is 56.6 Å². The molecule has 0 saturated carbocycles. The molecular formula is C16H24N2O3. The lowest BCUT2D eigenvalue weighted by molar-refractivity contribution is 0.0936. The molecule has 1 aliphatic rings. The maximum absolute atomic E-state index is 12.1. The lowest BCUT2D eigenvalue weighted by atomic mass is 9.97. The van der Waals surface area contributed by atoms with Gasteiger partial charge in [-0.3, -0.25) is 4.79 Å². The van der Waals surface area contributed by atoms with Crippen molar-refractivity contribution in [3.05, 3.63) is 23.8 Å². The largest absolute Gasteiger partial charge is 0.504 e. The van der Waals surface area contributed by atoms with E-state index in [0.29, 0.717) is 23.8 Å². The van der Waals surface area contributed by atoms with Gasteiger partial charge in [-0.25, -0.2) is 0 Å². The van der Waals surface area contributed by atoms with Crippen molar-refractivity contribution >= 4 is 5.91 Å². The molecule has 0 atom stereocenters. The third-order valence-electron chi connectivity index (χ3n) is 4.15. The summed E-state index contributed by atoms with van der Waals surface area (Å²) in [6.07, 6.45) is 2.25. The lowest BCUT2D eigenvalue weighted by Gasteiger charge is -2.31. The third kappa shape index (κ3) is 4.11. The van der Waals surface area contributed by atoms with Crippen LogP contribution in [0.1, 0.15) is 30.1 Å². The summed E-state index contributed by atoms with van der Waals surface area (Å²) in [5.74, 6) is 0.759. The molecule has 1 fully saturated rings. The molecule has 0 aliphatic carbocycles. The van der Waals surface area contributed by atoms with Gasteiger partial charge in [-0.1, -0.05) is 6.92 Å². The maximum atomic E-state index is 12.1. The number of hydrogen-bond donors (Lipinski definition) is 2. The summed E-state index contributed by atoms with van der Waals surface area (Å²) in [6.45, 7) is 6.20. The minimum absolute atomic E-state index is 0.0126. The summed E-state index contributed by atoms with van der Waals surface area (Å²) < 4.78 is 4.97. The van der Waals surface area contributed by atoms with E-state index >= 15 is 0 Å². The second-order valence-electron chi connectivity index (χ2n) is 5.47. The number of benzene rings is 1. The number of phenolic OH excluding ortho intramolecular Hbond substituents is 1.